The summed E-state index contributed by atoms with van der Waals surface area (Å²) in [5, 5.41) is 13.2. The van der Waals surface area contributed by atoms with Crippen molar-refractivity contribution in [2.45, 2.75) is 51.2 Å². The highest BCUT2D eigenvalue weighted by Gasteiger charge is 2.50. The van der Waals surface area contributed by atoms with Crippen LogP contribution >= 0.6 is 0 Å². The molecule has 0 aliphatic carbocycles. The van der Waals surface area contributed by atoms with Crippen LogP contribution in [0.5, 0.6) is 5.75 Å². The van der Waals surface area contributed by atoms with E-state index in [1.807, 2.05) is 68.4 Å². The summed E-state index contributed by atoms with van der Waals surface area (Å²) in [5.41, 5.74) is 1.35. The monoisotopic (exact) mass is 410 g/mol. The van der Waals surface area contributed by atoms with E-state index in [0.717, 1.165) is 28.9 Å². The second-order valence-electron chi connectivity index (χ2n) is 7.78. The molecule has 1 aliphatic heterocycles. The average molecular weight is 411 g/mol. The highest BCUT2D eigenvalue weighted by molar-refractivity contribution is 6.07. The number of carbonyl (C=O) groups excluding carboxylic acids is 2. The molecule has 1 heterocycles. The van der Waals surface area contributed by atoms with Crippen LogP contribution in [0.15, 0.2) is 54.6 Å². The number of hydrogen-bond donors (Lipinski definition) is 2. The number of rotatable bonds is 10. The van der Waals surface area contributed by atoms with E-state index in [1.165, 1.54) is 0 Å². The van der Waals surface area contributed by atoms with Gasteiger partial charge in [0.15, 0.2) is 0 Å². The number of imide groups is 1. The van der Waals surface area contributed by atoms with Gasteiger partial charge in [-0.2, -0.15) is 0 Å². The van der Waals surface area contributed by atoms with E-state index < -0.39 is 17.7 Å². The smallest absolute Gasteiger partial charge is 0.325 e. The van der Waals surface area contributed by atoms with Crippen molar-refractivity contribution in [2.24, 2.45) is 0 Å². The van der Waals surface area contributed by atoms with E-state index in [0.29, 0.717) is 18.6 Å². The number of aliphatic hydroxyl groups excluding tert-OH is 1. The molecule has 1 unspecified atom stereocenters. The zero-order valence-corrected chi connectivity index (χ0v) is 17.6. The summed E-state index contributed by atoms with van der Waals surface area (Å²) in [6.45, 7) is 3.90. The summed E-state index contributed by atoms with van der Waals surface area (Å²) >= 11 is 0. The van der Waals surface area contributed by atoms with E-state index in [4.69, 9.17) is 4.74 Å². The lowest BCUT2D eigenvalue weighted by Crippen LogP contribution is -2.47. The number of aliphatic hydroxyl groups is 1. The molecule has 0 radical (unpaired) electrons. The Kier molecular flexibility index (Phi) is 7.11. The standard InChI is InChI=1S/C24H30N2O4/c1-3-14-24(15-4-2)22(28)26(23(29)25-24)16-20(27)17-30-21-12-10-19(11-13-21)18-8-6-5-7-9-18/h5-13,20,27H,3-4,14-17H2,1-2H3,(H,25,29). The van der Waals surface area contributed by atoms with Gasteiger partial charge in [0, 0.05) is 0 Å². The van der Waals surface area contributed by atoms with Gasteiger partial charge in [0.25, 0.3) is 5.91 Å². The molecule has 2 N–H and O–H groups in total. The van der Waals surface area contributed by atoms with E-state index in [1.54, 1.807) is 0 Å². The maximum absolute atomic E-state index is 12.9. The zero-order chi connectivity index (χ0) is 21.6. The highest BCUT2D eigenvalue weighted by atomic mass is 16.5. The predicted molar refractivity (Wildman–Crippen MR) is 116 cm³/mol. The first-order valence-electron chi connectivity index (χ1n) is 10.6. The SMILES string of the molecule is CCCC1(CCC)NC(=O)N(CC(O)COc2ccc(-c3ccccc3)cc2)C1=O. The van der Waals surface area contributed by atoms with Crippen LogP contribution in [0, 0.1) is 0 Å². The Bertz CT molecular complexity index is 845. The van der Waals surface area contributed by atoms with Gasteiger partial charge in [-0.25, -0.2) is 4.79 Å². The summed E-state index contributed by atoms with van der Waals surface area (Å²) < 4.78 is 5.67. The molecule has 0 spiro atoms. The van der Waals surface area contributed by atoms with Crippen molar-refractivity contribution in [3.05, 3.63) is 54.6 Å². The van der Waals surface area contributed by atoms with Crippen molar-refractivity contribution in [2.75, 3.05) is 13.2 Å². The molecule has 2 aromatic rings. The summed E-state index contributed by atoms with van der Waals surface area (Å²) in [4.78, 5) is 26.4. The molecule has 1 fully saturated rings. The number of amides is 3. The van der Waals surface area contributed by atoms with Crippen LogP contribution in [-0.2, 0) is 4.79 Å². The number of nitrogens with one attached hydrogen (secondary N) is 1. The maximum atomic E-state index is 12.9. The van der Waals surface area contributed by atoms with Gasteiger partial charge >= 0.3 is 6.03 Å². The first-order valence-corrected chi connectivity index (χ1v) is 10.6. The van der Waals surface area contributed by atoms with Gasteiger partial charge < -0.3 is 15.2 Å². The molecule has 3 amide bonds. The van der Waals surface area contributed by atoms with Gasteiger partial charge in [-0.15, -0.1) is 0 Å². The first-order chi connectivity index (χ1) is 14.5. The predicted octanol–water partition coefficient (Wildman–Crippen LogP) is 3.98. The van der Waals surface area contributed by atoms with Crippen molar-refractivity contribution in [3.8, 4) is 16.9 Å². The van der Waals surface area contributed by atoms with Gasteiger partial charge in [-0.05, 0) is 36.1 Å². The van der Waals surface area contributed by atoms with Gasteiger partial charge in [0.05, 0.1) is 6.54 Å². The van der Waals surface area contributed by atoms with Crippen LogP contribution in [0.1, 0.15) is 39.5 Å². The third-order valence-electron chi connectivity index (χ3n) is 5.40. The van der Waals surface area contributed by atoms with Gasteiger partial charge in [0.2, 0.25) is 0 Å². The molecule has 1 atom stereocenters. The Morgan fingerprint density at radius 1 is 0.967 bits per heavy atom. The number of benzene rings is 2. The molecular formula is C24H30N2O4. The van der Waals surface area contributed by atoms with E-state index in [-0.39, 0.29) is 19.1 Å². The van der Waals surface area contributed by atoms with Crippen LogP contribution in [0.4, 0.5) is 4.79 Å². The summed E-state index contributed by atoms with van der Waals surface area (Å²) in [6.07, 6.45) is 1.83. The molecule has 30 heavy (non-hydrogen) atoms. The zero-order valence-electron chi connectivity index (χ0n) is 17.6. The number of nitrogens with zero attached hydrogens (tertiary/aromatic N) is 1. The summed E-state index contributed by atoms with van der Waals surface area (Å²) in [5.74, 6) is 0.375. The lowest BCUT2D eigenvalue weighted by atomic mass is 9.88. The number of β-amino-alcohol motifs (C(OH)–C–C–N with tert-alkyl or cyclic N) is 1. The maximum Gasteiger partial charge on any atom is 0.325 e. The minimum Gasteiger partial charge on any atom is -0.491 e. The molecule has 0 aromatic heterocycles. The Labute approximate surface area is 177 Å². The van der Waals surface area contributed by atoms with Crippen molar-refractivity contribution in [1.29, 1.82) is 0 Å². The van der Waals surface area contributed by atoms with Crippen LogP contribution in [0.2, 0.25) is 0 Å². The second kappa shape index (κ2) is 9.76. The fourth-order valence-corrected chi connectivity index (χ4v) is 3.99. The van der Waals surface area contributed by atoms with Gasteiger partial charge in [-0.3, -0.25) is 9.69 Å². The topological polar surface area (TPSA) is 78.9 Å². The van der Waals surface area contributed by atoms with Crippen LogP contribution in [-0.4, -0.2) is 46.7 Å². The minimum atomic E-state index is -0.965. The number of carbonyl (C=O) groups is 2. The van der Waals surface area contributed by atoms with Crippen LogP contribution in [0.25, 0.3) is 11.1 Å². The van der Waals surface area contributed by atoms with Crippen LogP contribution < -0.4 is 10.1 Å². The Balaban J connectivity index is 1.56. The molecule has 2 aromatic carbocycles. The summed E-state index contributed by atoms with van der Waals surface area (Å²) in [6, 6.07) is 17.2. The van der Waals surface area contributed by atoms with E-state index in [9.17, 15) is 14.7 Å². The fraction of sp³-hybridized carbons (Fsp3) is 0.417. The lowest BCUT2D eigenvalue weighted by Gasteiger charge is -2.26. The van der Waals surface area contributed by atoms with Crippen molar-refractivity contribution >= 4 is 11.9 Å². The van der Waals surface area contributed by atoms with Gasteiger partial charge in [-0.1, -0.05) is 69.2 Å². The molecule has 0 saturated carbocycles. The Morgan fingerprint density at radius 2 is 1.57 bits per heavy atom. The summed E-state index contributed by atoms with van der Waals surface area (Å²) in [7, 11) is 0. The highest BCUT2D eigenvalue weighted by Crippen LogP contribution is 2.28. The molecule has 6 heteroatoms. The molecule has 6 nitrogen and oxygen atoms in total. The molecule has 160 valence electrons. The van der Waals surface area contributed by atoms with E-state index in [2.05, 4.69) is 5.32 Å². The lowest BCUT2D eigenvalue weighted by molar-refractivity contribution is -0.133. The van der Waals surface area contributed by atoms with Crippen molar-refractivity contribution in [3.63, 3.8) is 0 Å². The normalized spacial score (nSPS) is 16.4. The van der Waals surface area contributed by atoms with E-state index >= 15 is 0 Å². The third kappa shape index (κ3) is 4.82. The quantitative estimate of drug-likeness (QED) is 0.581. The van der Waals surface area contributed by atoms with Crippen LogP contribution in [0.3, 0.4) is 0 Å². The molecule has 3 rings (SSSR count). The molecular weight excluding hydrogens is 380 g/mol. The number of ether oxygens (including phenoxy) is 1. The van der Waals surface area contributed by atoms with Crippen molar-refractivity contribution in [1.82, 2.24) is 10.2 Å². The molecule has 1 saturated heterocycles. The Hall–Kier alpha value is -2.86. The third-order valence-corrected chi connectivity index (χ3v) is 5.40. The average Bonchev–Trinajstić information content (AvgIpc) is 2.98. The fourth-order valence-electron chi connectivity index (χ4n) is 3.99. The van der Waals surface area contributed by atoms with Crippen molar-refractivity contribution < 1.29 is 19.4 Å². The molecule has 1 aliphatic rings. The number of urea groups is 1. The van der Waals surface area contributed by atoms with Gasteiger partial charge in [0.1, 0.15) is 24.0 Å². The minimum absolute atomic E-state index is 0.00367. The Morgan fingerprint density at radius 3 is 2.17 bits per heavy atom. The number of hydrogen-bond acceptors (Lipinski definition) is 4. The largest absolute Gasteiger partial charge is 0.491 e. The molecule has 0 bridgehead atoms. The first kappa shape index (κ1) is 21.8. The second-order valence-corrected chi connectivity index (χ2v) is 7.78.